The Morgan fingerprint density at radius 1 is 1.17 bits per heavy atom. The Labute approximate surface area is 178 Å². The molecule has 1 heterocycles. The molecule has 4 rings (SSSR count). The zero-order valence-corrected chi connectivity index (χ0v) is 18.0. The third-order valence-corrected chi connectivity index (χ3v) is 7.47. The number of nitrogens with zero attached hydrogens (tertiary/aromatic N) is 3. The average molecular weight is 445 g/mol. The summed E-state index contributed by atoms with van der Waals surface area (Å²) in [5.74, 6) is -0.173. The first-order chi connectivity index (χ1) is 14.4. The Balaban J connectivity index is 1.46. The molecule has 30 heavy (non-hydrogen) atoms. The standard InChI is InChI=1S/C20H20N4O4S2/c1-24(15-8-9-15)30(26,27)17-10-6-13(7-11-17)18(25)21-20-23-22-19(28-20)14-4-3-5-16(12-14)29-2/h3-7,10-12,15H,8-9H2,1-2H3,(H,21,23,25). The number of hydrogen-bond donors (Lipinski definition) is 1. The highest BCUT2D eigenvalue weighted by atomic mass is 32.2. The highest BCUT2D eigenvalue weighted by Gasteiger charge is 2.35. The van der Waals surface area contributed by atoms with Crippen LogP contribution < -0.4 is 5.32 Å². The highest BCUT2D eigenvalue weighted by molar-refractivity contribution is 7.98. The number of anilines is 1. The second-order valence-corrected chi connectivity index (χ2v) is 9.75. The molecule has 1 aromatic heterocycles. The van der Waals surface area contributed by atoms with E-state index in [9.17, 15) is 13.2 Å². The number of hydrogen-bond acceptors (Lipinski definition) is 7. The van der Waals surface area contributed by atoms with Crippen molar-refractivity contribution in [1.29, 1.82) is 0 Å². The topological polar surface area (TPSA) is 105 Å². The molecule has 0 bridgehead atoms. The molecular formula is C20H20N4O4S2. The Kier molecular flexibility index (Phi) is 5.63. The molecule has 1 saturated carbocycles. The van der Waals surface area contributed by atoms with Gasteiger partial charge in [0, 0.05) is 29.1 Å². The molecule has 1 aliphatic carbocycles. The third kappa shape index (κ3) is 4.25. The summed E-state index contributed by atoms with van der Waals surface area (Å²) in [4.78, 5) is 13.7. The minimum absolute atomic E-state index is 0.0327. The molecule has 0 atom stereocenters. The number of aromatic nitrogens is 2. The molecule has 10 heteroatoms. The molecule has 3 aromatic rings. The summed E-state index contributed by atoms with van der Waals surface area (Å²) in [6.07, 6.45) is 3.73. The van der Waals surface area contributed by atoms with Crippen molar-refractivity contribution >= 4 is 33.7 Å². The fraction of sp³-hybridized carbons (Fsp3) is 0.250. The van der Waals surface area contributed by atoms with Crippen LogP contribution >= 0.6 is 11.8 Å². The Hall–Kier alpha value is -2.69. The van der Waals surface area contributed by atoms with Crippen LogP contribution in [0.4, 0.5) is 6.01 Å². The molecular weight excluding hydrogens is 424 g/mol. The van der Waals surface area contributed by atoms with Gasteiger partial charge in [0.15, 0.2) is 0 Å². The van der Waals surface area contributed by atoms with Gasteiger partial charge in [-0.15, -0.1) is 16.9 Å². The maximum atomic E-state index is 12.6. The monoisotopic (exact) mass is 444 g/mol. The van der Waals surface area contributed by atoms with Crippen molar-refractivity contribution in [3.8, 4) is 11.5 Å². The van der Waals surface area contributed by atoms with E-state index >= 15 is 0 Å². The van der Waals surface area contributed by atoms with Crippen LogP contribution in [-0.2, 0) is 10.0 Å². The summed E-state index contributed by atoms with van der Waals surface area (Å²) in [7, 11) is -1.97. The van der Waals surface area contributed by atoms with Crippen LogP contribution in [0.15, 0.2) is 62.7 Å². The molecule has 0 radical (unpaired) electrons. The number of nitrogens with one attached hydrogen (secondary N) is 1. The van der Waals surface area contributed by atoms with E-state index < -0.39 is 15.9 Å². The van der Waals surface area contributed by atoms with E-state index in [1.54, 1.807) is 18.8 Å². The lowest BCUT2D eigenvalue weighted by atomic mass is 10.2. The summed E-state index contributed by atoms with van der Waals surface area (Å²) in [5.41, 5.74) is 1.04. The third-order valence-electron chi connectivity index (χ3n) is 4.82. The molecule has 8 nitrogen and oxygen atoms in total. The number of rotatable bonds is 7. The molecule has 0 unspecified atom stereocenters. The van der Waals surface area contributed by atoms with Gasteiger partial charge in [0.1, 0.15) is 0 Å². The fourth-order valence-electron chi connectivity index (χ4n) is 2.89. The van der Waals surface area contributed by atoms with Crippen molar-refractivity contribution in [3.63, 3.8) is 0 Å². The number of benzene rings is 2. The van der Waals surface area contributed by atoms with Crippen LogP contribution in [0, 0.1) is 0 Å². The molecule has 0 aliphatic heterocycles. The molecule has 1 aliphatic rings. The van der Waals surface area contributed by atoms with Crippen molar-refractivity contribution < 1.29 is 17.6 Å². The van der Waals surface area contributed by atoms with E-state index in [1.807, 2.05) is 30.5 Å². The number of carbonyl (C=O) groups is 1. The molecule has 1 N–H and O–H groups in total. The van der Waals surface area contributed by atoms with Gasteiger partial charge in [-0.05, 0) is 61.6 Å². The molecule has 0 spiro atoms. The smallest absolute Gasteiger partial charge is 0.322 e. The van der Waals surface area contributed by atoms with Crippen LogP contribution in [0.1, 0.15) is 23.2 Å². The fourth-order valence-corrected chi connectivity index (χ4v) is 4.77. The Morgan fingerprint density at radius 2 is 1.90 bits per heavy atom. The number of thioether (sulfide) groups is 1. The Morgan fingerprint density at radius 3 is 2.57 bits per heavy atom. The summed E-state index contributed by atoms with van der Waals surface area (Å²) in [6, 6.07) is 13.4. The predicted octanol–water partition coefficient (Wildman–Crippen LogP) is 3.49. The van der Waals surface area contributed by atoms with Crippen molar-refractivity contribution in [3.05, 3.63) is 54.1 Å². The van der Waals surface area contributed by atoms with Gasteiger partial charge in [-0.25, -0.2) is 8.42 Å². The summed E-state index contributed by atoms with van der Waals surface area (Å²) in [6.45, 7) is 0. The molecule has 2 aromatic carbocycles. The molecule has 0 saturated heterocycles. The predicted molar refractivity (Wildman–Crippen MR) is 114 cm³/mol. The van der Waals surface area contributed by atoms with Crippen LogP contribution in [0.25, 0.3) is 11.5 Å². The quantitative estimate of drug-likeness (QED) is 0.556. The van der Waals surface area contributed by atoms with E-state index in [2.05, 4.69) is 15.5 Å². The summed E-state index contributed by atoms with van der Waals surface area (Å²) >= 11 is 1.60. The molecule has 1 amide bonds. The van der Waals surface area contributed by atoms with Crippen LogP contribution in [-0.4, -0.2) is 48.2 Å². The van der Waals surface area contributed by atoms with Gasteiger partial charge >= 0.3 is 6.01 Å². The Bertz CT molecular complexity index is 1170. The van der Waals surface area contributed by atoms with Crippen molar-refractivity contribution in [2.75, 3.05) is 18.6 Å². The minimum Gasteiger partial charge on any atom is -0.403 e. The van der Waals surface area contributed by atoms with Crippen molar-refractivity contribution in [2.24, 2.45) is 0 Å². The summed E-state index contributed by atoms with van der Waals surface area (Å²) < 4.78 is 32.0. The van der Waals surface area contributed by atoms with Gasteiger partial charge in [-0.3, -0.25) is 10.1 Å². The SMILES string of the molecule is CSc1cccc(-c2nnc(NC(=O)c3ccc(S(=O)(=O)N(C)C4CC4)cc3)o2)c1. The van der Waals surface area contributed by atoms with Crippen LogP contribution in [0.5, 0.6) is 0 Å². The van der Waals surface area contributed by atoms with Gasteiger partial charge in [-0.2, -0.15) is 4.31 Å². The number of amides is 1. The lowest BCUT2D eigenvalue weighted by Crippen LogP contribution is -2.29. The van der Waals surface area contributed by atoms with Gasteiger partial charge < -0.3 is 4.42 Å². The highest BCUT2D eigenvalue weighted by Crippen LogP contribution is 2.30. The van der Waals surface area contributed by atoms with Crippen molar-refractivity contribution in [2.45, 2.75) is 28.7 Å². The average Bonchev–Trinajstić information content (AvgIpc) is 3.51. The number of carbonyl (C=O) groups excluding carboxylic acids is 1. The van der Waals surface area contributed by atoms with E-state index in [1.165, 1.54) is 28.6 Å². The first-order valence-corrected chi connectivity index (χ1v) is 11.9. The van der Waals surface area contributed by atoms with Gasteiger partial charge in [-0.1, -0.05) is 11.2 Å². The first-order valence-electron chi connectivity index (χ1n) is 9.26. The summed E-state index contributed by atoms with van der Waals surface area (Å²) in [5, 5.41) is 10.4. The molecule has 156 valence electrons. The van der Waals surface area contributed by atoms with Crippen LogP contribution in [0.2, 0.25) is 0 Å². The van der Waals surface area contributed by atoms with E-state index in [0.29, 0.717) is 5.89 Å². The normalized spacial score (nSPS) is 14.1. The minimum atomic E-state index is -3.55. The zero-order chi connectivity index (χ0) is 21.3. The van der Waals surface area contributed by atoms with Gasteiger partial charge in [0.2, 0.25) is 15.9 Å². The van der Waals surface area contributed by atoms with Gasteiger partial charge in [0.25, 0.3) is 5.91 Å². The maximum Gasteiger partial charge on any atom is 0.322 e. The second kappa shape index (κ2) is 8.21. The first kappa shape index (κ1) is 20.6. The van der Waals surface area contributed by atoms with Crippen molar-refractivity contribution in [1.82, 2.24) is 14.5 Å². The van der Waals surface area contributed by atoms with E-state index in [-0.39, 0.29) is 22.5 Å². The maximum absolute atomic E-state index is 12.6. The lowest BCUT2D eigenvalue weighted by molar-refractivity contribution is 0.102. The largest absolute Gasteiger partial charge is 0.403 e. The lowest BCUT2D eigenvalue weighted by Gasteiger charge is -2.16. The van der Waals surface area contributed by atoms with E-state index in [0.717, 1.165) is 23.3 Å². The van der Waals surface area contributed by atoms with Crippen LogP contribution in [0.3, 0.4) is 0 Å². The zero-order valence-electron chi connectivity index (χ0n) is 16.4. The molecule has 1 fully saturated rings. The van der Waals surface area contributed by atoms with Gasteiger partial charge in [0.05, 0.1) is 4.90 Å². The van der Waals surface area contributed by atoms with E-state index in [4.69, 9.17) is 4.42 Å². The second-order valence-electron chi connectivity index (χ2n) is 6.88. The number of sulfonamides is 1.